The fourth-order valence-corrected chi connectivity index (χ4v) is 5.50. The molecule has 1 heterocycles. The van der Waals surface area contributed by atoms with Crippen molar-refractivity contribution in [3.05, 3.63) is 35.1 Å². The number of aliphatic hydroxyl groups is 1. The topological polar surface area (TPSA) is 20.2 Å². The van der Waals surface area contributed by atoms with E-state index in [-0.39, 0.29) is 16.1 Å². The number of rotatable bonds is 3. The molecule has 1 fully saturated rings. The van der Waals surface area contributed by atoms with E-state index in [0.717, 1.165) is 30.1 Å². The van der Waals surface area contributed by atoms with Crippen molar-refractivity contribution in [1.29, 1.82) is 0 Å². The number of halogens is 4. The van der Waals surface area contributed by atoms with Crippen LogP contribution in [-0.2, 0) is 6.18 Å². The van der Waals surface area contributed by atoms with Crippen LogP contribution >= 0.6 is 23.5 Å². The molecule has 21 heavy (non-hydrogen) atoms. The first kappa shape index (κ1) is 17.0. The molecule has 7 heteroatoms. The first-order valence-corrected chi connectivity index (χ1v) is 8.72. The minimum atomic E-state index is -4.75. The minimum Gasteiger partial charge on any atom is -0.387 e. The maximum absolute atomic E-state index is 13.3. The molecule has 1 aromatic carbocycles. The van der Waals surface area contributed by atoms with Crippen LogP contribution in [-0.4, -0.2) is 27.1 Å². The molecule has 0 spiro atoms. The van der Waals surface area contributed by atoms with Gasteiger partial charge in [0.1, 0.15) is 5.82 Å². The Morgan fingerprint density at radius 2 is 1.95 bits per heavy atom. The molecule has 2 rings (SSSR count). The summed E-state index contributed by atoms with van der Waals surface area (Å²) in [6.45, 7) is 2.00. The first-order chi connectivity index (χ1) is 9.84. The van der Waals surface area contributed by atoms with Crippen LogP contribution in [0.15, 0.2) is 18.2 Å². The van der Waals surface area contributed by atoms with Gasteiger partial charge in [-0.05, 0) is 24.1 Å². The zero-order valence-corrected chi connectivity index (χ0v) is 13.0. The van der Waals surface area contributed by atoms with Crippen molar-refractivity contribution in [2.75, 3.05) is 11.5 Å². The van der Waals surface area contributed by atoms with Gasteiger partial charge in [0.15, 0.2) is 0 Å². The normalized spacial score (nSPS) is 24.9. The molecule has 3 unspecified atom stereocenters. The summed E-state index contributed by atoms with van der Waals surface area (Å²) in [4.78, 5) is 0. The Bertz CT molecular complexity index is 492. The zero-order valence-electron chi connectivity index (χ0n) is 11.4. The van der Waals surface area contributed by atoms with Crippen LogP contribution in [0, 0.1) is 5.82 Å². The maximum Gasteiger partial charge on any atom is 0.419 e. The van der Waals surface area contributed by atoms with Crippen molar-refractivity contribution in [1.82, 2.24) is 0 Å². The van der Waals surface area contributed by atoms with E-state index in [9.17, 15) is 22.7 Å². The second-order valence-electron chi connectivity index (χ2n) is 4.83. The molecule has 1 nitrogen and oxygen atoms in total. The predicted molar refractivity (Wildman–Crippen MR) is 79.1 cm³/mol. The van der Waals surface area contributed by atoms with Crippen LogP contribution in [0.3, 0.4) is 0 Å². The Labute approximate surface area is 129 Å². The molecule has 3 atom stereocenters. The third-order valence-corrected chi connectivity index (χ3v) is 6.78. The molecule has 1 aliphatic rings. The second-order valence-corrected chi connectivity index (χ2v) is 7.47. The number of aliphatic hydroxyl groups excluding tert-OH is 1. The van der Waals surface area contributed by atoms with Crippen molar-refractivity contribution in [2.24, 2.45) is 0 Å². The van der Waals surface area contributed by atoms with Gasteiger partial charge in [-0.3, -0.25) is 0 Å². The monoisotopic (exact) mass is 340 g/mol. The van der Waals surface area contributed by atoms with E-state index in [1.807, 2.05) is 6.92 Å². The third-order valence-electron chi connectivity index (χ3n) is 3.44. The van der Waals surface area contributed by atoms with Gasteiger partial charge in [0.2, 0.25) is 0 Å². The van der Waals surface area contributed by atoms with Crippen LogP contribution in [0.4, 0.5) is 17.6 Å². The highest BCUT2D eigenvalue weighted by Gasteiger charge is 2.37. The summed E-state index contributed by atoms with van der Waals surface area (Å²) < 4.78 is 51.5. The molecule has 0 saturated carbocycles. The maximum atomic E-state index is 13.3. The molecular weight excluding hydrogens is 324 g/mol. The molecule has 0 aliphatic carbocycles. The minimum absolute atomic E-state index is 0.127. The van der Waals surface area contributed by atoms with Gasteiger partial charge in [-0.15, -0.1) is 0 Å². The van der Waals surface area contributed by atoms with Gasteiger partial charge in [0.25, 0.3) is 0 Å². The second kappa shape index (κ2) is 6.79. The van der Waals surface area contributed by atoms with Gasteiger partial charge >= 0.3 is 6.18 Å². The fraction of sp³-hybridized carbons (Fsp3) is 0.571. The summed E-state index contributed by atoms with van der Waals surface area (Å²) in [5.41, 5.74) is -1.19. The van der Waals surface area contributed by atoms with Crippen LogP contribution in [0.5, 0.6) is 0 Å². The van der Waals surface area contributed by atoms with E-state index in [0.29, 0.717) is 0 Å². The van der Waals surface area contributed by atoms with Crippen LogP contribution < -0.4 is 0 Å². The number of thioether (sulfide) groups is 2. The quantitative estimate of drug-likeness (QED) is 0.818. The van der Waals surface area contributed by atoms with E-state index in [1.165, 1.54) is 6.07 Å². The molecular formula is C14H16F4OS2. The average Bonchev–Trinajstić information content (AvgIpc) is 2.45. The molecule has 0 amide bonds. The van der Waals surface area contributed by atoms with Crippen molar-refractivity contribution in [2.45, 2.75) is 36.1 Å². The Morgan fingerprint density at radius 3 is 2.57 bits per heavy atom. The van der Waals surface area contributed by atoms with E-state index in [2.05, 4.69) is 0 Å². The van der Waals surface area contributed by atoms with E-state index >= 15 is 0 Å². The lowest BCUT2D eigenvalue weighted by Crippen LogP contribution is -2.31. The Balaban J connectivity index is 2.28. The summed E-state index contributed by atoms with van der Waals surface area (Å²) >= 11 is 3.30. The summed E-state index contributed by atoms with van der Waals surface area (Å²) in [6, 6.07) is 2.75. The van der Waals surface area contributed by atoms with Gasteiger partial charge in [-0.25, -0.2) is 4.39 Å². The summed E-state index contributed by atoms with van der Waals surface area (Å²) in [5, 5.41) is 10.4. The first-order valence-electron chi connectivity index (χ1n) is 6.62. The Hall–Kier alpha value is -0.400. The predicted octanol–water partition coefficient (Wildman–Crippen LogP) is 4.51. The highest BCUT2D eigenvalue weighted by atomic mass is 32.2. The average molecular weight is 340 g/mol. The van der Waals surface area contributed by atoms with Crippen molar-refractivity contribution < 1.29 is 22.7 Å². The highest BCUT2D eigenvalue weighted by Crippen LogP contribution is 2.41. The van der Waals surface area contributed by atoms with Crippen molar-refractivity contribution in [3.8, 4) is 0 Å². The zero-order chi connectivity index (χ0) is 15.6. The Kier molecular flexibility index (Phi) is 5.48. The largest absolute Gasteiger partial charge is 0.419 e. The SMILES string of the molecule is CCC1SCCSC1C(O)c1ccc(F)c(C(F)(F)F)c1. The number of hydrogen-bond acceptors (Lipinski definition) is 3. The van der Waals surface area contributed by atoms with Gasteiger partial charge < -0.3 is 5.11 Å². The molecule has 1 N–H and O–H groups in total. The fourth-order valence-electron chi connectivity index (χ4n) is 2.36. The van der Waals surface area contributed by atoms with Gasteiger partial charge in [0, 0.05) is 22.0 Å². The van der Waals surface area contributed by atoms with E-state index < -0.39 is 23.7 Å². The third kappa shape index (κ3) is 3.87. The standard InChI is InChI=1S/C14H16F4OS2/c1-2-11-13(21-6-5-20-11)12(19)8-3-4-10(15)9(7-8)14(16,17)18/h3-4,7,11-13,19H,2,5-6H2,1H3. The summed E-state index contributed by atoms with van der Waals surface area (Å²) in [5.74, 6) is 0.524. The smallest absolute Gasteiger partial charge is 0.387 e. The lowest BCUT2D eigenvalue weighted by atomic mass is 10.0. The van der Waals surface area contributed by atoms with Gasteiger partial charge in [-0.1, -0.05) is 13.0 Å². The molecule has 0 bridgehead atoms. The molecule has 118 valence electrons. The van der Waals surface area contributed by atoms with Crippen LogP contribution in [0.1, 0.15) is 30.6 Å². The van der Waals surface area contributed by atoms with Gasteiger partial charge in [0.05, 0.1) is 11.7 Å². The molecule has 0 radical (unpaired) electrons. The van der Waals surface area contributed by atoms with Crippen molar-refractivity contribution >= 4 is 23.5 Å². The molecule has 1 aromatic rings. The lowest BCUT2D eigenvalue weighted by Gasteiger charge is -2.33. The number of alkyl halides is 3. The van der Waals surface area contributed by atoms with Crippen molar-refractivity contribution in [3.63, 3.8) is 0 Å². The number of benzene rings is 1. The van der Waals surface area contributed by atoms with Gasteiger partial charge in [-0.2, -0.15) is 36.7 Å². The summed E-state index contributed by atoms with van der Waals surface area (Å²) in [7, 11) is 0. The summed E-state index contributed by atoms with van der Waals surface area (Å²) in [6.07, 6.45) is -4.93. The van der Waals surface area contributed by atoms with Crippen LogP contribution in [0.2, 0.25) is 0 Å². The Morgan fingerprint density at radius 1 is 1.29 bits per heavy atom. The molecule has 1 aliphatic heterocycles. The lowest BCUT2D eigenvalue weighted by molar-refractivity contribution is -0.140. The highest BCUT2D eigenvalue weighted by molar-refractivity contribution is 8.07. The number of hydrogen-bond donors (Lipinski definition) is 1. The molecule has 1 saturated heterocycles. The van der Waals surface area contributed by atoms with E-state index in [4.69, 9.17) is 0 Å². The molecule has 0 aromatic heterocycles. The van der Waals surface area contributed by atoms with E-state index in [1.54, 1.807) is 23.5 Å². The van der Waals surface area contributed by atoms with Crippen LogP contribution in [0.25, 0.3) is 0 Å².